The molecule has 1 fully saturated rings. The lowest BCUT2D eigenvalue weighted by molar-refractivity contribution is -0.125. The van der Waals surface area contributed by atoms with Crippen molar-refractivity contribution >= 4 is 16.9 Å². The molecule has 1 saturated heterocycles. The molecule has 4 nitrogen and oxygen atoms in total. The minimum absolute atomic E-state index is 0.0344. The number of benzene rings is 1. The first-order valence-corrected chi connectivity index (χ1v) is 7.12. The second-order valence-electron chi connectivity index (χ2n) is 5.86. The first kappa shape index (κ1) is 11.2. The molecule has 1 amide bonds. The summed E-state index contributed by atoms with van der Waals surface area (Å²) in [5.74, 6) is 0.964. The molecule has 3 heterocycles. The van der Waals surface area contributed by atoms with Crippen LogP contribution >= 0.6 is 0 Å². The Morgan fingerprint density at radius 3 is 3.24 bits per heavy atom. The first-order valence-electron chi connectivity index (χ1n) is 7.12. The molecule has 2 aromatic rings. The normalized spacial score (nSPS) is 29.2. The third-order valence-electron chi connectivity index (χ3n) is 4.91. The second kappa shape index (κ2) is 3.58. The molecule has 2 unspecified atom stereocenters. The van der Waals surface area contributed by atoms with Crippen molar-refractivity contribution in [3.05, 3.63) is 54.0 Å². The predicted molar refractivity (Wildman–Crippen MR) is 76.9 cm³/mol. The number of hydrogen-bond donors (Lipinski definition) is 1. The van der Waals surface area contributed by atoms with E-state index < -0.39 is 5.41 Å². The van der Waals surface area contributed by atoms with E-state index in [0.717, 1.165) is 34.4 Å². The number of fused-ring (bicyclic) bond motifs is 5. The zero-order valence-electron chi connectivity index (χ0n) is 11.3. The van der Waals surface area contributed by atoms with Crippen LogP contribution < -0.4 is 10.1 Å². The third kappa shape index (κ3) is 1.23. The van der Waals surface area contributed by atoms with Gasteiger partial charge in [-0.3, -0.25) is 4.79 Å². The van der Waals surface area contributed by atoms with Crippen LogP contribution in [0.5, 0.6) is 5.75 Å². The number of ether oxygens (including phenoxy) is 1. The summed E-state index contributed by atoms with van der Waals surface area (Å²) in [7, 11) is 0. The number of furan rings is 1. The van der Waals surface area contributed by atoms with Crippen LogP contribution in [0.2, 0.25) is 0 Å². The van der Waals surface area contributed by atoms with Gasteiger partial charge in [0, 0.05) is 22.6 Å². The second-order valence-corrected chi connectivity index (χ2v) is 5.86. The Kier molecular flexibility index (Phi) is 1.91. The molecule has 4 heteroatoms. The molecule has 0 saturated carbocycles. The lowest BCUT2D eigenvalue weighted by atomic mass is 9.70. The van der Waals surface area contributed by atoms with E-state index in [0.29, 0.717) is 6.61 Å². The quantitative estimate of drug-likeness (QED) is 0.806. The van der Waals surface area contributed by atoms with Crippen LogP contribution in [0.3, 0.4) is 0 Å². The highest BCUT2D eigenvalue weighted by Gasteiger charge is 2.58. The van der Waals surface area contributed by atoms with Gasteiger partial charge in [0.1, 0.15) is 23.4 Å². The van der Waals surface area contributed by atoms with Crippen LogP contribution in [-0.4, -0.2) is 12.5 Å². The summed E-state index contributed by atoms with van der Waals surface area (Å²) in [6.45, 7) is 0.399. The Hall–Kier alpha value is -2.49. The van der Waals surface area contributed by atoms with E-state index in [2.05, 4.69) is 11.4 Å². The monoisotopic (exact) mass is 279 g/mol. The Morgan fingerprint density at radius 1 is 1.33 bits per heavy atom. The molecule has 1 aromatic heterocycles. The van der Waals surface area contributed by atoms with E-state index in [-0.39, 0.29) is 11.8 Å². The van der Waals surface area contributed by atoms with E-state index in [1.807, 2.05) is 30.4 Å². The maximum absolute atomic E-state index is 12.7. The Labute approximate surface area is 121 Å². The van der Waals surface area contributed by atoms with Crippen molar-refractivity contribution in [1.82, 2.24) is 5.32 Å². The van der Waals surface area contributed by atoms with Crippen LogP contribution in [0.15, 0.2) is 52.8 Å². The highest BCUT2D eigenvalue weighted by Crippen LogP contribution is 2.52. The van der Waals surface area contributed by atoms with Gasteiger partial charge in [0.15, 0.2) is 0 Å². The largest absolute Gasteiger partial charge is 0.492 e. The highest BCUT2D eigenvalue weighted by molar-refractivity contribution is 5.97. The molecular formula is C17H13NO3. The predicted octanol–water partition coefficient (Wildman–Crippen LogP) is 2.65. The lowest BCUT2D eigenvalue weighted by Gasteiger charge is -2.27. The highest BCUT2D eigenvalue weighted by atomic mass is 16.5. The van der Waals surface area contributed by atoms with Crippen molar-refractivity contribution in [2.24, 2.45) is 5.92 Å². The molecule has 21 heavy (non-hydrogen) atoms. The summed E-state index contributed by atoms with van der Waals surface area (Å²) in [6, 6.07) is 5.85. The van der Waals surface area contributed by atoms with E-state index in [1.54, 1.807) is 6.26 Å². The van der Waals surface area contributed by atoms with Crippen molar-refractivity contribution in [3.8, 4) is 5.75 Å². The van der Waals surface area contributed by atoms with Gasteiger partial charge < -0.3 is 14.5 Å². The molecular weight excluding hydrogens is 266 g/mol. The number of carbonyl (C=O) groups is 1. The molecule has 1 spiro atoms. The summed E-state index contributed by atoms with van der Waals surface area (Å²) < 4.78 is 11.4. The van der Waals surface area contributed by atoms with Crippen molar-refractivity contribution in [1.29, 1.82) is 0 Å². The maximum atomic E-state index is 12.7. The summed E-state index contributed by atoms with van der Waals surface area (Å²) in [5.41, 5.74) is 2.13. The fourth-order valence-electron chi connectivity index (χ4n) is 3.83. The fraction of sp³-hybridized carbons (Fsp3) is 0.235. The average molecular weight is 279 g/mol. The van der Waals surface area contributed by atoms with Crippen LogP contribution in [0, 0.1) is 5.92 Å². The summed E-state index contributed by atoms with van der Waals surface area (Å²) in [5, 5.41) is 4.03. The van der Waals surface area contributed by atoms with E-state index in [4.69, 9.17) is 9.15 Å². The summed E-state index contributed by atoms with van der Waals surface area (Å²) >= 11 is 0. The van der Waals surface area contributed by atoms with Gasteiger partial charge in [0.2, 0.25) is 5.91 Å². The molecule has 5 rings (SSSR count). The molecule has 1 aliphatic carbocycles. The zero-order chi connectivity index (χ0) is 14.0. The zero-order valence-corrected chi connectivity index (χ0v) is 11.3. The number of hydrogen-bond acceptors (Lipinski definition) is 3. The Bertz CT molecular complexity index is 845. The van der Waals surface area contributed by atoms with Gasteiger partial charge in [-0.1, -0.05) is 12.2 Å². The van der Waals surface area contributed by atoms with Crippen LogP contribution in [0.25, 0.3) is 11.0 Å². The van der Waals surface area contributed by atoms with Gasteiger partial charge in [-0.15, -0.1) is 0 Å². The Balaban J connectivity index is 1.77. The fourth-order valence-corrected chi connectivity index (χ4v) is 3.83. The first-order chi connectivity index (χ1) is 10.3. The molecule has 1 aromatic carbocycles. The molecule has 3 aliphatic rings. The minimum Gasteiger partial charge on any atom is -0.492 e. The standard InChI is InChI=1S/C17H13NO3/c19-16-17(11-3-1-2-4-13(11)18-16)9-21-15-7-10-5-6-20-14(10)8-12(15)17/h1-2,4-8,11H,3,9H2,(H,18,19). The number of allylic oxidation sites excluding steroid dienone is 4. The van der Waals surface area contributed by atoms with Gasteiger partial charge in [0.25, 0.3) is 0 Å². The molecule has 104 valence electrons. The molecule has 2 aliphatic heterocycles. The van der Waals surface area contributed by atoms with Crippen molar-refractivity contribution in [2.45, 2.75) is 11.8 Å². The third-order valence-corrected chi connectivity index (χ3v) is 4.91. The summed E-state index contributed by atoms with van der Waals surface area (Å²) in [4.78, 5) is 12.7. The van der Waals surface area contributed by atoms with Crippen LogP contribution in [0.4, 0.5) is 0 Å². The average Bonchev–Trinajstić information content (AvgIpc) is 3.16. The maximum Gasteiger partial charge on any atom is 0.239 e. The number of rotatable bonds is 0. The number of amides is 1. The van der Waals surface area contributed by atoms with Gasteiger partial charge in [-0.25, -0.2) is 0 Å². The topological polar surface area (TPSA) is 51.5 Å². The van der Waals surface area contributed by atoms with Gasteiger partial charge in [-0.2, -0.15) is 0 Å². The molecule has 2 atom stereocenters. The van der Waals surface area contributed by atoms with E-state index in [1.165, 1.54) is 0 Å². The van der Waals surface area contributed by atoms with E-state index in [9.17, 15) is 4.79 Å². The number of nitrogens with one attached hydrogen (secondary N) is 1. The van der Waals surface area contributed by atoms with Crippen molar-refractivity contribution < 1.29 is 13.9 Å². The van der Waals surface area contributed by atoms with Crippen LogP contribution in [0.1, 0.15) is 12.0 Å². The van der Waals surface area contributed by atoms with Crippen molar-refractivity contribution in [2.75, 3.05) is 6.61 Å². The smallest absolute Gasteiger partial charge is 0.239 e. The van der Waals surface area contributed by atoms with Crippen molar-refractivity contribution in [3.63, 3.8) is 0 Å². The number of carbonyl (C=O) groups excluding carboxylic acids is 1. The van der Waals surface area contributed by atoms with Gasteiger partial charge in [-0.05, 0) is 30.7 Å². The molecule has 0 bridgehead atoms. The minimum atomic E-state index is -0.618. The van der Waals surface area contributed by atoms with Gasteiger partial charge >= 0.3 is 0 Å². The Morgan fingerprint density at radius 2 is 2.29 bits per heavy atom. The van der Waals surface area contributed by atoms with E-state index >= 15 is 0 Å². The van der Waals surface area contributed by atoms with Crippen LogP contribution in [-0.2, 0) is 10.2 Å². The molecule has 1 N–H and O–H groups in total. The summed E-state index contributed by atoms with van der Waals surface area (Å²) in [6.07, 6.45) is 8.61. The SMILES string of the molecule is O=C1NC2=CC=CCC2C12COc1cc3ccoc3cc12. The molecule has 0 radical (unpaired) electrons. The lowest BCUT2D eigenvalue weighted by Crippen LogP contribution is -2.41. The van der Waals surface area contributed by atoms with Gasteiger partial charge in [0.05, 0.1) is 6.26 Å².